The van der Waals surface area contributed by atoms with Gasteiger partial charge in [0.1, 0.15) is 11.9 Å². The summed E-state index contributed by atoms with van der Waals surface area (Å²) in [4.78, 5) is 23.8. The second-order valence-corrected chi connectivity index (χ2v) is 8.47. The summed E-state index contributed by atoms with van der Waals surface area (Å²) in [6.07, 6.45) is 0.639. The van der Waals surface area contributed by atoms with Gasteiger partial charge < -0.3 is 9.64 Å². The van der Waals surface area contributed by atoms with Crippen molar-refractivity contribution in [3.8, 4) is 0 Å². The molecular weight excluding hydrogens is 414 g/mol. The molecule has 0 radical (unpaired) electrons. The van der Waals surface area contributed by atoms with Crippen LogP contribution in [0.15, 0.2) is 42.5 Å². The van der Waals surface area contributed by atoms with Crippen molar-refractivity contribution in [2.24, 2.45) is 0 Å². The van der Waals surface area contributed by atoms with Gasteiger partial charge in [-0.1, -0.05) is 43.6 Å². The van der Waals surface area contributed by atoms with Crippen molar-refractivity contribution in [3.05, 3.63) is 76.1 Å². The first-order valence-corrected chi connectivity index (χ1v) is 10.9. The summed E-state index contributed by atoms with van der Waals surface area (Å²) in [5.41, 5.74) is 2.87. The molecular formula is C23H26ClN5O2. The summed E-state index contributed by atoms with van der Waals surface area (Å²) in [5, 5.41) is 7.76. The Balaban J connectivity index is 1.41. The van der Waals surface area contributed by atoms with Gasteiger partial charge in [-0.15, -0.1) is 0 Å². The number of aromatic nitrogens is 4. The molecule has 1 N–H and O–H groups in total. The van der Waals surface area contributed by atoms with E-state index in [1.165, 1.54) is 0 Å². The SMILES string of the molecule is CC(C)c1n[nH]c(CC(=O)N2CCOC(c3cccc(Cc4cccc(Cl)c4)n3)C2)n1. The fourth-order valence-electron chi connectivity index (χ4n) is 3.59. The predicted octanol–water partition coefficient (Wildman–Crippen LogP) is 3.71. The van der Waals surface area contributed by atoms with Crippen molar-refractivity contribution >= 4 is 17.5 Å². The lowest BCUT2D eigenvalue weighted by molar-refractivity contribution is -0.138. The average molecular weight is 440 g/mol. The third kappa shape index (κ3) is 5.48. The molecule has 1 aromatic carbocycles. The Hall–Kier alpha value is -2.77. The topological polar surface area (TPSA) is 84.0 Å². The zero-order valence-electron chi connectivity index (χ0n) is 17.7. The fourth-order valence-corrected chi connectivity index (χ4v) is 3.80. The molecule has 1 amide bonds. The minimum absolute atomic E-state index is 0.00911. The largest absolute Gasteiger partial charge is 0.368 e. The van der Waals surface area contributed by atoms with Crippen molar-refractivity contribution in [1.82, 2.24) is 25.1 Å². The highest BCUT2D eigenvalue weighted by atomic mass is 35.5. The third-order valence-electron chi connectivity index (χ3n) is 5.24. The van der Waals surface area contributed by atoms with Crippen LogP contribution in [0.2, 0.25) is 5.02 Å². The fraction of sp³-hybridized carbons (Fsp3) is 0.391. The summed E-state index contributed by atoms with van der Waals surface area (Å²) < 4.78 is 5.94. The number of pyridine rings is 1. The molecule has 0 spiro atoms. The van der Waals surface area contributed by atoms with E-state index < -0.39 is 0 Å². The number of rotatable bonds is 6. The maximum Gasteiger partial charge on any atom is 0.230 e. The molecule has 162 valence electrons. The average Bonchev–Trinajstić information content (AvgIpc) is 3.23. The summed E-state index contributed by atoms with van der Waals surface area (Å²) in [6.45, 7) is 5.55. The van der Waals surface area contributed by atoms with Gasteiger partial charge in [-0.25, -0.2) is 4.98 Å². The number of benzene rings is 1. The lowest BCUT2D eigenvalue weighted by Crippen LogP contribution is -2.43. The molecule has 1 aliphatic heterocycles. The highest BCUT2D eigenvalue weighted by molar-refractivity contribution is 6.30. The number of ether oxygens (including phenoxy) is 1. The molecule has 3 heterocycles. The van der Waals surface area contributed by atoms with Crippen molar-refractivity contribution in [1.29, 1.82) is 0 Å². The van der Waals surface area contributed by atoms with Gasteiger partial charge in [0.15, 0.2) is 5.82 Å². The Morgan fingerprint density at radius 3 is 2.87 bits per heavy atom. The van der Waals surface area contributed by atoms with Crippen molar-refractivity contribution in [3.63, 3.8) is 0 Å². The lowest BCUT2D eigenvalue weighted by Gasteiger charge is -2.32. The van der Waals surface area contributed by atoms with Crippen LogP contribution in [-0.2, 0) is 22.4 Å². The molecule has 1 unspecified atom stereocenters. The molecule has 7 nitrogen and oxygen atoms in total. The van der Waals surface area contributed by atoms with Crippen LogP contribution in [0, 0.1) is 0 Å². The van der Waals surface area contributed by atoms with Crippen molar-refractivity contribution in [2.45, 2.75) is 38.7 Å². The Morgan fingerprint density at radius 1 is 1.26 bits per heavy atom. The first kappa shape index (κ1) is 21.5. The molecule has 0 bridgehead atoms. The zero-order valence-corrected chi connectivity index (χ0v) is 18.5. The van der Waals surface area contributed by atoms with E-state index in [0.717, 1.165) is 22.8 Å². The number of carbonyl (C=O) groups excluding carboxylic acids is 1. The molecule has 0 saturated carbocycles. The maximum atomic E-state index is 12.8. The number of morpholine rings is 1. The second kappa shape index (κ2) is 9.58. The number of aromatic amines is 1. The van der Waals surface area contributed by atoms with E-state index >= 15 is 0 Å². The second-order valence-electron chi connectivity index (χ2n) is 8.03. The van der Waals surface area contributed by atoms with Gasteiger partial charge in [-0.3, -0.25) is 14.9 Å². The van der Waals surface area contributed by atoms with E-state index in [1.54, 1.807) is 0 Å². The first-order valence-electron chi connectivity index (χ1n) is 10.5. The van der Waals surface area contributed by atoms with Crippen LogP contribution in [0.4, 0.5) is 0 Å². The van der Waals surface area contributed by atoms with Gasteiger partial charge in [-0.2, -0.15) is 5.10 Å². The summed E-state index contributed by atoms with van der Waals surface area (Å²) in [5.74, 6) is 1.55. The maximum absolute atomic E-state index is 12.8. The summed E-state index contributed by atoms with van der Waals surface area (Å²) in [7, 11) is 0. The normalized spacial score (nSPS) is 16.6. The van der Waals surface area contributed by atoms with Crippen LogP contribution in [0.3, 0.4) is 0 Å². The minimum Gasteiger partial charge on any atom is -0.368 e. The van der Waals surface area contributed by atoms with Crippen LogP contribution in [0.5, 0.6) is 0 Å². The number of carbonyl (C=O) groups is 1. The van der Waals surface area contributed by atoms with Crippen LogP contribution in [-0.4, -0.2) is 50.7 Å². The van der Waals surface area contributed by atoms with Crippen LogP contribution in [0.1, 0.15) is 54.5 Å². The highest BCUT2D eigenvalue weighted by Crippen LogP contribution is 2.22. The summed E-state index contributed by atoms with van der Waals surface area (Å²) >= 11 is 6.10. The van der Waals surface area contributed by atoms with E-state index in [4.69, 9.17) is 21.3 Å². The van der Waals surface area contributed by atoms with Gasteiger partial charge in [0, 0.05) is 29.6 Å². The van der Waals surface area contributed by atoms with Crippen molar-refractivity contribution < 1.29 is 9.53 Å². The molecule has 1 aliphatic rings. The molecule has 4 rings (SSSR count). The zero-order chi connectivity index (χ0) is 21.8. The van der Waals surface area contributed by atoms with E-state index in [9.17, 15) is 4.79 Å². The number of hydrogen-bond donors (Lipinski definition) is 1. The lowest BCUT2D eigenvalue weighted by atomic mass is 10.1. The number of nitrogens with one attached hydrogen (secondary N) is 1. The molecule has 0 aliphatic carbocycles. The van der Waals surface area contributed by atoms with Gasteiger partial charge in [0.25, 0.3) is 0 Å². The highest BCUT2D eigenvalue weighted by Gasteiger charge is 2.27. The van der Waals surface area contributed by atoms with Gasteiger partial charge in [0.05, 0.1) is 25.3 Å². The van der Waals surface area contributed by atoms with Crippen LogP contribution in [0.25, 0.3) is 0 Å². The Kier molecular flexibility index (Phi) is 6.63. The number of nitrogens with zero attached hydrogens (tertiary/aromatic N) is 4. The van der Waals surface area contributed by atoms with Gasteiger partial charge in [0.2, 0.25) is 5.91 Å². The van der Waals surface area contributed by atoms with Crippen LogP contribution < -0.4 is 0 Å². The summed E-state index contributed by atoms with van der Waals surface area (Å²) in [6, 6.07) is 13.7. The molecule has 3 aromatic rings. The molecule has 31 heavy (non-hydrogen) atoms. The molecule has 1 saturated heterocycles. The van der Waals surface area contributed by atoms with E-state index in [0.29, 0.717) is 37.0 Å². The molecule has 8 heteroatoms. The Labute approximate surface area is 186 Å². The molecule has 1 fully saturated rings. The number of amides is 1. The van der Waals surface area contributed by atoms with Crippen LogP contribution >= 0.6 is 11.6 Å². The molecule has 2 aromatic heterocycles. The molecule has 1 atom stereocenters. The number of halogens is 1. The quantitative estimate of drug-likeness (QED) is 0.633. The first-order chi connectivity index (χ1) is 15.0. The van der Waals surface area contributed by atoms with E-state index in [-0.39, 0.29) is 24.3 Å². The number of hydrogen-bond acceptors (Lipinski definition) is 5. The van der Waals surface area contributed by atoms with Gasteiger partial charge >= 0.3 is 0 Å². The number of H-pyrrole nitrogens is 1. The predicted molar refractivity (Wildman–Crippen MR) is 118 cm³/mol. The van der Waals surface area contributed by atoms with E-state index in [2.05, 4.69) is 15.2 Å². The minimum atomic E-state index is -0.252. The standard InChI is InChI=1S/C23H26ClN5O2/c1-15(2)23-26-21(27-28-23)13-22(30)29-9-10-31-20(14-29)19-8-4-7-18(25-19)12-16-5-3-6-17(24)11-16/h3-8,11,15,20H,9-10,12-14H2,1-2H3,(H,26,27,28). The van der Waals surface area contributed by atoms with Gasteiger partial charge in [-0.05, 0) is 29.8 Å². The van der Waals surface area contributed by atoms with E-state index in [1.807, 2.05) is 61.2 Å². The smallest absolute Gasteiger partial charge is 0.230 e. The Morgan fingerprint density at radius 2 is 2.10 bits per heavy atom. The Bertz CT molecular complexity index is 1050. The van der Waals surface area contributed by atoms with Crippen molar-refractivity contribution in [2.75, 3.05) is 19.7 Å². The third-order valence-corrected chi connectivity index (χ3v) is 5.47. The monoisotopic (exact) mass is 439 g/mol.